The van der Waals surface area contributed by atoms with Crippen LogP contribution in [-0.2, 0) is 6.42 Å². The Morgan fingerprint density at radius 2 is 1.84 bits per heavy atom. The predicted molar refractivity (Wildman–Crippen MR) is 70.7 cm³/mol. The summed E-state index contributed by atoms with van der Waals surface area (Å²) in [5, 5.41) is 4.46. The average molecular weight is 286 g/mol. The van der Waals surface area contributed by atoms with Crippen molar-refractivity contribution in [2.24, 2.45) is 5.73 Å². The lowest BCUT2D eigenvalue weighted by Crippen LogP contribution is -2.08. The Bertz CT molecular complexity index is 600. The summed E-state index contributed by atoms with van der Waals surface area (Å²) >= 11 is 5.99. The molecule has 0 radical (unpaired) electrons. The number of hydrogen-bond donors (Lipinski definition) is 1. The van der Waals surface area contributed by atoms with E-state index in [1.807, 2.05) is 0 Å². The van der Waals surface area contributed by atoms with Crippen molar-refractivity contribution in [1.29, 1.82) is 0 Å². The van der Waals surface area contributed by atoms with E-state index in [-0.39, 0.29) is 5.69 Å². The summed E-state index contributed by atoms with van der Waals surface area (Å²) in [7, 11) is 0. The van der Waals surface area contributed by atoms with Crippen molar-refractivity contribution in [2.75, 3.05) is 6.54 Å². The van der Waals surface area contributed by atoms with Crippen molar-refractivity contribution >= 4 is 11.6 Å². The van der Waals surface area contributed by atoms with E-state index >= 15 is 0 Å². The van der Waals surface area contributed by atoms with Crippen LogP contribution in [0.2, 0.25) is 5.02 Å². The molecule has 3 nitrogen and oxygen atoms in total. The number of aromatic nitrogens is 2. The topological polar surface area (TPSA) is 43.8 Å². The van der Waals surface area contributed by atoms with Gasteiger partial charge in [0.15, 0.2) is 11.6 Å². The average Bonchev–Trinajstić information content (AvgIpc) is 2.57. The Hall–Kier alpha value is -1.46. The summed E-state index contributed by atoms with van der Waals surface area (Å²) in [6, 6.07) is 2.55. The van der Waals surface area contributed by atoms with Crippen LogP contribution in [0.15, 0.2) is 12.1 Å². The van der Waals surface area contributed by atoms with Crippen LogP contribution >= 0.6 is 11.6 Å². The third kappa shape index (κ3) is 2.48. The molecule has 0 bridgehead atoms. The van der Waals surface area contributed by atoms with Gasteiger partial charge >= 0.3 is 0 Å². The molecule has 0 aliphatic rings. The number of hydrogen-bond acceptors (Lipinski definition) is 2. The highest BCUT2D eigenvalue weighted by Crippen LogP contribution is 2.26. The van der Waals surface area contributed by atoms with E-state index < -0.39 is 11.6 Å². The van der Waals surface area contributed by atoms with Crippen LogP contribution in [0.3, 0.4) is 0 Å². The lowest BCUT2D eigenvalue weighted by Gasteiger charge is -2.09. The lowest BCUT2D eigenvalue weighted by molar-refractivity contribution is 0.554. The van der Waals surface area contributed by atoms with Crippen molar-refractivity contribution in [3.05, 3.63) is 45.7 Å². The smallest absolute Gasteiger partial charge is 0.152 e. The quantitative estimate of drug-likeness (QED) is 0.942. The molecule has 2 rings (SSSR count). The lowest BCUT2D eigenvalue weighted by atomic mass is 10.1. The second-order valence-corrected chi connectivity index (χ2v) is 4.72. The molecule has 0 fully saturated rings. The predicted octanol–water partition coefficient (Wildman–Crippen LogP) is 2.92. The zero-order valence-corrected chi connectivity index (χ0v) is 11.4. The highest BCUT2D eigenvalue weighted by atomic mass is 35.5. The number of halogens is 3. The molecule has 0 saturated carbocycles. The molecule has 1 heterocycles. The van der Waals surface area contributed by atoms with Crippen LogP contribution in [-0.4, -0.2) is 16.3 Å². The zero-order chi connectivity index (χ0) is 14.2. The van der Waals surface area contributed by atoms with Gasteiger partial charge in [0.2, 0.25) is 0 Å². The van der Waals surface area contributed by atoms with Crippen LogP contribution in [0.5, 0.6) is 0 Å². The van der Waals surface area contributed by atoms with Crippen molar-refractivity contribution in [3.63, 3.8) is 0 Å². The van der Waals surface area contributed by atoms with Gasteiger partial charge in [-0.15, -0.1) is 0 Å². The maximum absolute atomic E-state index is 14.1. The van der Waals surface area contributed by atoms with Crippen LogP contribution in [0.4, 0.5) is 8.78 Å². The fourth-order valence-corrected chi connectivity index (χ4v) is 2.09. The second kappa shape index (κ2) is 5.27. The molecule has 0 unspecified atom stereocenters. The monoisotopic (exact) mass is 285 g/mol. The second-order valence-electron chi connectivity index (χ2n) is 4.34. The Morgan fingerprint density at radius 3 is 2.26 bits per heavy atom. The number of benzene rings is 1. The summed E-state index contributed by atoms with van der Waals surface area (Å²) in [5.74, 6) is -1.35. The minimum atomic E-state index is -0.675. The molecule has 102 valence electrons. The van der Waals surface area contributed by atoms with E-state index in [0.29, 0.717) is 34.9 Å². The van der Waals surface area contributed by atoms with Crippen molar-refractivity contribution < 1.29 is 8.78 Å². The van der Waals surface area contributed by atoms with E-state index in [0.717, 1.165) is 0 Å². The molecule has 1 aromatic carbocycles. The molecule has 0 amide bonds. The first-order chi connectivity index (χ1) is 8.95. The molecule has 0 aliphatic carbocycles. The summed E-state index contributed by atoms with van der Waals surface area (Å²) in [6.45, 7) is 3.68. The fraction of sp³-hybridized carbons (Fsp3) is 0.308. The Kier molecular flexibility index (Phi) is 3.87. The van der Waals surface area contributed by atoms with Crippen molar-refractivity contribution in [1.82, 2.24) is 9.78 Å². The highest BCUT2D eigenvalue weighted by Gasteiger charge is 2.18. The fourth-order valence-electron chi connectivity index (χ4n) is 1.97. The summed E-state index contributed by atoms with van der Waals surface area (Å²) in [6.07, 6.45) is 0.423. The zero-order valence-electron chi connectivity index (χ0n) is 10.7. The number of rotatable bonds is 3. The molecular formula is C13H14ClF2N3. The van der Waals surface area contributed by atoms with Gasteiger partial charge in [-0.1, -0.05) is 11.6 Å². The third-order valence-electron chi connectivity index (χ3n) is 2.92. The molecule has 1 aromatic heterocycles. The molecule has 0 spiro atoms. The minimum absolute atomic E-state index is 0.215. The third-order valence-corrected chi connectivity index (χ3v) is 3.47. The van der Waals surface area contributed by atoms with Crippen LogP contribution in [0.1, 0.15) is 17.0 Å². The first-order valence-electron chi connectivity index (χ1n) is 5.85. The SMILES string of the molecule is Cc1nn(-c2c(F)cc(CCN)cc2F)c(C)c1Cl. The van der Waals surface area contributed by atoms with Gasteiger partial charge < -0.3 is 5.73 Å². The first-order valence-corrected chi connectivity index (χ1v) is 6.23. The van der Waals surface area contributed by atoms with Gasteiger partial charge in [-0.3, -0.25) is 0 Å². The first kappa shape index (κ1) is 14.0. The molecule has 2 aromatic rings. The van der Waals surface area contributed by atoms with Crippen LogP contribution < -0.4 is 5.73 Å². The Morgan fingerprint density at radius 1 is 1.26 bits per heavy atom. The van der Waals surface area contributed by atoms with Crippen LogP contribution in [0.25, 0.3) is 5.69 Å². The van der Waals surface area contributed by atoms with Gasteiger partial charge in [0.05, 0.1) is 16.4 Å². The minimum Gasteiger partial charge on any atom is -0.330 e. The molecular weight excluding hydrogens is 272 g/mol. The van der Waals surface area contributed by atoms with Crippen molar-refractivity contribution in [3.8, 4) is 5.69 Å². The standard InChI is InChI=1S/C13H14ClF2N3/c1-7-12(14)8(2)19(18-7)13-10(15)5-9(3-4-17)6-11(13)16/h5-6H,3-4,17H2,1-2H3. The Labute approximate surface area is 115 Å². The summed E-state index contributed by atoms with van der Waals surface area (Å²) < 4.78 is 29.3. The van der Waals surface area contributed by atoms with Gasteiger partial charge in [-0.2, -0.15) is 5.10 Å². The van der Waals surface area contributed by atoms with E-state index in [2.05, 4.69) is 5.10 Å². The molecule has 19 heavy (non-hydrogen) atoms. The number of nitrogens with two attached hydrogens (primary N) is 1. The van der Waals surface area contributed by atoms with E-state index in [1.165, 1.54) is 16.8 Å². The normalized spacial score (nSPS) is 11.1. The van der Waals surface area contributed by atoms with E-state index in [9.17, 15) is 8.78 Å². The number of aryl methyl sites for hydroxylation is 1. The Balaban J connectivity index is 2.59. The van der Waals surface area contributed by atoms with Crippen LogP contribution in [0, 0.1) is 25.5 Å². The summed E-state index contributed by atoms with van der Waals surface area (Å²) in [4.78, 5) is 0. The highest BCUT2D eigenvalue weighted by molar-refractivity contribution is 6.31. The largest absolute Gasteiger partial charge is 0.330 e. The van der Waals surface area contributed by atoms with Crippen molar-refractivity contribution in [2.45, 2.75) is 20.3 Å². The van der Waals surface area contributed by atoms with E-state index in [4.69, 9.17) is 17.3 Å². The van der Waals surface area contributed by atoms with Gasteiger partial charge in [0.1, 0.15) is 5.69 Å². The summed E-state index contributed by atoms with van der Waals surface area (Å²) in [5.41, 5.74) is 6.72. The molecule has 0 atom stereocenters. The van der Waals surface area contributed by atoms with E-state index in [1.54, 1.807) is 13.8 Å². The van der Waals surface area contributed by atoms with Gasteiger partial charge in [0, 0.05) is 0 Å². The molecule has 0 saturated heterocycles. The molecule has 2 N–H and O–H groups in total. The van der Waals surface area contributed by atoms with Gasteiger partial charge in [-0.25, -0.2) is 13.5 Å². The van der Waals surface area contributed by atoms with Gasteiger partial charge in [0.25, 0.3) is 0 Å². The number of nitrogens with zero attached hydrogens (tertiary/aromatic N) is 2. The molecule has 6 heteroatoms. The maximum Gasteiger partial charge on any atom is 0.152 e. The molecule has 0 aliphatic heterocycles. The van der Waals surface area contributed by atoms with Gasteiger partial charge in [-0.05, 0) is 44.5 Å². The maximum atomic E-state index is 14.1.